The predicted molar refractivity (Wildman–Crippen MR) is 126 cm³/mol. The lowest BCUT2D eigenvalue weighted by atomic mass is 10.1. The van der Waals surface area contributed by atoms with Crippen molar-refractivity contribution in [3.63, 3.8) is 0 Å². The summed E-state index contributed by atoms with van der Waals surface area (Å²) in [5.41, 5.74) is 2.98. The zero-order valence-electron chi connectivity index (χ0n) is 18.5. The third-order valence-electron chi connectivity index (χ3n) is 4.81. The molecular formula is C23H34N4O2S. The zero-order valence-corrected chi connectivity index (χ0v) is 19.3. The Kier molecular flexibility index (Phi) is 9.17. The summed E-state index contributed by atoms with van der Waals surface area (Å²) in [6.45, 7) is 6.99. The SMILES string of the molecule is CCNC(=NCc1ccc(S(C)(=O)=O)c(C)c1)NCCCCN(C)c1ccccc1. The van der Waals surface area contributed by atoms with E-state index in [1.807, 2.05) is 32.0 Å². The highest BCUT2D eigenvalue weighted by Gasteiger charge is 2.10. The van der Waals surface area contributed by atoms with Crippen molar-refractivity contribution in [2.45, 2.75) is 38.1 Å². The average Bonchev–Trinajstić information content (AvgIpc) is 2.71. The maximum Gasteiger partial charge on any atom is 0.191 e. The zero-order chi connectivity index (χ0) is 22.0. The van der Waals surface area contributed by atoms with Gasteiger partial charge in [0.25, 0.3) is 0 Å². The van der Waals surface area contributed by atoms with Crippen LogP contribution >= 0.6 is 0 Å². The number of anilines is 1. The quantitative estimate of drug-likeness (QED) is 0.343. The molecule has 0 aliphatic carbocycles. The number of rotatable bonds is 10. The molecule has 0 bridgehead atoms. The monoisotopic (exact) mass is 430 g/mol. The minimum absolute atomic E-state index is 0.376. The van der Waals surface area contributed by atoms with Gasteiger partial charge in [0.2, 0.25) is 0 Å². The topological polar surface area (TPSA) is 73.8 Å². The highest BCUT2D eigenvalue weighted by atomic mass is 32.2. The normalized spacial score (nSPS) is 11.9. The van der Waals surface area contributed by atoms with Crippen LogP contribution in [-0.2, 0) is 16.4 Å². The first kappa shape index (κ1) is 23.7. The molecule has 0 saturated heterocycles. The van der Waals surface area contributed by atoms with Gasteiger partial charge in [-0.05, 0) is 56.0 Å². The van der Waals surface area contributed by atoms with Crippen LogP contribution in [0.5, 0.6) is 0 Å². The number of nitrogens with one attached hydrogen (secondary N) is 2. The number of sulfone groups is 1. The number of aliphatic imine (C=N–C) groups is 1. The van der Waals surface area contributed by atoms with Crippen LogP contribution in [0.1, 0.15) is 30.9 Å². The number of hydrogen-bond acceptors (Lipinski definition) is 4. The van der Waals surface area contributed by atoms with Gasteiger partial charge in [-0.1, -0.05) is 30.3 Å². The molecule has 0 unspecified atom stereocenters. The Bertz CT molecular complexity index is 927. The number of unbranched alkanes of at least 4 members (excludes halogenated alkanes) is 1. The maximum absolute atomic E-state index is 11.8. The van der Waals surface area contributed by atoms with Gasteiger partial charge in [-0.2, -0.15) is 0 Å². The lowest BCUT2D eigenvalue weighted by Gasteiger charge is -2.19. The Balaban J connectivity index is 1.82. The predicted octanol–water partition coefficient (Wildman–Crippen LogP) is 3.37. The summed E-state index contributed by atoms with van der Waals surface area (Å²) < 4.78 is 23.5. The molecule has 7 heteroatoms. The summed E-state index contributed by atoms with van der Waals surface area (Å²) in [7, 11) is -1.08. The van der Waals surface area contributed by atoms with Crippen molar-refractivity contribution in [3.05, 3.63) is 59.7 Å². The number of para-hydroxylation sites is 1. The van der Waals surface area contributed by atoms with Gasteiger partial charge in [0.05, 0.1) is 11.4 Å². The summed E-state index contributed by atoms with van der Waals surface area (Å²) in [6, 6.07) is 15.8. The van der Waals surface area contributed by atoms with E-state index in [1.54, 1.807) is 6.07 Å². The molecule has 0 atom stereocenters. The van der Waals surface area contributed by atoms with E-state index in [9.17, 15) is 8.42 Å². The molecule has 0 heterocycles. The van der Waals surface area contributed by atoms with Crippen LogP contribution in [0.15, 0.2) is 58.4 Å². The van der Waals surface area contributed by atoms with E-state index >= 15 is 0 Å². The fourth-order valence-corrected chi connectivity index (χ4v) is 4.19. The lowest BCUT2D eigenvalue weighted by Crippen LogP contribution is -2.38. The molecule has 2 rings (SSSR count). The van der Waals surface area contributed by atoms with Crippen LogP contribution in [0.4, 0.5) is 5.69 Å². The van der Waals surface area contributed by atoms with Gasteiger partial charge in [0.15, 0.2) is 15.8 Å². The van der Waals surface area contributed by atoms with Crippen molar-refractivity contribution in [3.8, 4) is 0 Å². The van der Waals surface area contributed by atoms with Crippen molar-refractivity contribution in [1.82, 2.24) is 10.6 Å². The smallest absolute Gasteiger partial charge is 0.191 e. The third-order valence-corrected chi connectivity index (χ3v) is 6.07. The summed E-state index contributed by atoms with van der Waals surface area (Å²) in [5.74, 6) is 0.777. The fraction of sp³-hybridized carbons (Fsp3) is 0.435. The number of guanidine groups is 1. The van der Waals surface area contributed by atoms with Crippen molar-refractivity contribution in [2.24, 2.45) is 4.99 Å². The van der Waals surface area contributed by atoms with Crippen molar-refractivity contribution in [2.75, 3.05) is 37.8 Å². The number of nitrogens with zero attached hydrogens (tertiary/aromatic N) is 2. The van der Waals surface area contributed by atoms with E-state index in [0.29, 0.717) is 11.4 Å². The van der Waals surface area contributed by atoms with Gasteiger partial charge >= 0.3 is 0 Å². The van der Waals surface area contributed by atoms with Gasteiger partial charge in [-0.25, -0.2) is 13.4 Å². The molecule has 0 fully saturated rings. The van der Waals surface area contributed by atoms with Crippen LogP contribution in [0, 0.1) is 6.92 Å². The van der Waals surface area contributed by atoms with E-state index in [-0.39, 0.29) is 0 Å². The van der Waals surface area contributed by atoms with Crippen LogP contribution in [-0.4, -0.2) is 47.3 Å². The van der Waals surface area contributed by atoms with Crippen molar-refractivity contribution < 1.29 is 8.42 Å². The molecule has 0 amide bonds. The van der Waals surface area contributed by atoms with Gasteiger partial charge in [0.1, 0.15) is 0 Å². The van der Waals surface area contributed by atoms with Crippen LogP contribution in [0.3, 0.4) is 0 Å². The molecule has 0 aliphatic rings. The molecule has 0 radical (unpaired) electrons. The van der Waals surface area contributed by atoms with Gasteiger partial charge in [-0.15, -0.1) is 0 Å². The molecule has 0 saturated carbocycles. The number of aryl methyl sites for hydroxylation is 1. The number of hydrogen-bond donors (Lipinski definition) is 2. The Morgan fingerprint density at radius 3 is 2.43 bits per heavy atom. The summed E-state index contributed by atoms with van der Waals surface area (Å²) in [6.07, 6.45) is 3.37. The van der Waals surface area contributed by atoms with Gasteiger partial charge in [-0.3, -0.25) is 0 Å². The minimum Gasteiger partial charge on any atom is -0.375 e. The molecule has 30 heavy (non-hydrogen) atoms. The first-order chi connectivity index (χ1) is 14.3. The first-order valence-electron chi connectivity index (χ1n) is 10.4. The largest absolute Gasteiger partial charge is 0.375 e. The Morgan fingerprint density at radius 2 is 1.80 bits per heavy atom. The van der Waals surface area contributed by atoms with E-state index in [0.717, 1.165) is 49.6 Å². The first-order valence-corrected chi connectivity index (χ1v) is 12.3. The molecule has 0 aliphatic heterocycles. The van der Waals surface area contributed by atoms with Crippen molar-refractivity contribution in [1.29, 1.82) is 0 Å². The van der Waals surface area contributed by atoms with Crippen LogP contribution < -0.4 is 15.5 Å². The Labute approximate surface area is 181 Å². The molecular weight excluding hydrogens is 396 g/mol. The van der Waals surface area contributed by atoms with E-state index in [2.05, 4.69) is 51.8 Å². The van der Waals surface area contributed by atoms with E-state index in [4.69, 9.17) is 0 Å². The minimum atomic E-state index is -3.20. The fourth-order valence-electron chi connectivity index (χ4n) is 3.23. The molecule has 0 aromatic heterocycles. The highest BCUT2D eigenvalue weighted by molar-refractivity contribution is 7.90. The molecule has 2 aromatic carbocycles. The average molecular weight is 431 g/mol. The van der Waals surface area contributed by atoms with Crippen molar-refractivity contribution >= 4 is 21.5 Å². The van der Waals surface area contributed by atoms with E-state index in [1.165, 1.54) is 11.9 Å². The van der Waals surface area contributed by atoms with Gasteiger partial charge in [0, 0.05) is 38.6 Å². The van der Waals surface area contributed by atoms with Gasteiger partial charge < -0.3 is 15.5 Å². The standard InChI is InChI=1S/C23H34N4O2S/c1-5-24-23(25-15-9-10-16-27(3)21-11-7-6-8-12-21)26-18-20-13-14-22(19(2)17-20)30(4,28)29/h6-8,11-14,17H,5,9-10,15-16,18H2,1-4H3,(H2,24,25,26). The highest BCUT2D eigenvalue weighted by Crippen LogP contribution is 2.17. The lowest BCUT2D eigenvalue weighted by molar-refractivity contribution is 0.601. The summed E-state index contributed by atoms with van der Waals surface area (Å²) >= 11 is 0. The molecule has 164 valence electrons. The summed E-state index contributed by atoms with van der Waals surface area (Å²) in [4.78, 5) is 7.27. The second-order valence-corrected chi connectivity index (χ2v) is 9.44. The molecule has 2 N–H and O–H groups in total. The molecule has 0 spiro atoms. The molecule has 6 nitrogen and oxygen atoms in total. The number of benzene rings is 2. The third kappa shape index (κ3) is 7.71. The van der Waals surface area contributed by atoms with Crippen LogP contribution in [0.25, 0.3) is 0 Å². The Morgan fingerprint density at radius 1 is 1.07 bits per heavy atom. The van der Waals surface area contributed by atoms with E-state index < -0.39 is 9.84 Å². The maximum atomic E-state index is 11.8. The van der Waals surface area contributed by atoms with Crippen LogP contribution in [0.2, 0.25) is 0 Å². The second kappa shape index (κ2) is 11.6. The summed E-state index contributed by atoms with van der Waals surface area (Å²) in [5, 5.41) is 6.64. The Hall–Kier alpha value is -2.54. The second-order valence-electron chi connectivity index (χ2n) is 7.46. The molecule has 2 aromatic rings.